The van der Waals surface area contributed by atoms with Gasteiger partial charge in [-0.1, -0.05) is 20.8 Å². The van der Waals surface area contributed by atoms with Gasteiger partial charge in [0.15, 0.2) is 5.96 Å². The third kappa shape index (κ3) is 9.93. The van der Waals surface area contributed by atoms with Crippen LogP contribution in [0, 0.1) is 0 Å². The highest BCUT2D eigenvalue weighted by molar-refractivity contribution is 8.00. The lowest BCUT2D eigenvalue weighted by Crippen LogP contribution is -2.53. The predicted octanol–water partition coefficient (Wildman–Crippen LogP) is 0.454. The van der Waals surface area contributed by atoms with Crippen molar-refractivity contribution in [3.63, 3.8) is 0 Å². The summed E-state index contributed by atoms with van der Waals surface area (Å²) in [5.74, 6) is -3.19. The number of hydrogen-bond donors (Lipinski definition) is 5. The van der Waals surface area contributed by atoms with Gasteiger partial charge in [-0.2, -0.15) is 11.8 Å². The summed E-state index contributed by atoms with van der Waals surface area (Å²) < 4.78 is -0.128. The van der Waals surface area contributed by atoms with Gasteiger partial charge in [0.1, 0.15) is 12.1 Å². The molecular formula is C14H25N3O6S. The van der Waals surface area contributed by atoms with Gasteiger partial charge in [-0.25, -0.2) is 9.59 Å². The lowest BCUT2D eigenvalue weighted by atomic mass is 10.1. The van der Waals surface area contributed by atoms with Crippen LogP contribution in [0.15, 0.2) is 4.99 Å². The number of carboxylic acid groups (broad SMARTS) is 3. The molecule has 0 fully saturated rings. The zero-order chi connectivity index (χ0) is 18.9. The Bertz CT molecular complexity index is 489. The second kappa shape index (κ2) is 10.0. The molecule has 9 nitrogen and oxygen atoms in total. The molecule has 0 aromatic rings. The zero-order valence-corrected chi connectivity index (χ0v) is 15.0. The highest BCUT2D eigenvalue weighted by Gasteiger charge is 2.25. The largest absolute Gasteiger partial charge is 0.481 e. The summed E-state index contributed by atoms with van der Waals surface area (Å²) in [5.41, 5.74) is 0. The number of carbonyl (C=O) groups is 3. The van der Waals surface area contributed by atoms with Crippen LogP contribution in [0.4, 0.5) is 0 Å². The van der Waals surface area contributed by atoms with Crippen molar-refractivity contribution >= 4 is 35.6 Å². The topological polar surface area (TPSA) is 148 Å². The minimum absolute atomic E-state index is 0.00491. The van der Waals surface area contributed by atoms with Crippen LogP contribution in [0.5, 0.6) is 0 Å². The first-order chi connectivity index (χ1) is 11.0. The van der Waals surface area contributed by atoms with Crippen LogP contribution in [0.3, 0.4) is 0 Å². The highest BCUT2D eigenvalue weighted by Crippen LogP contribution is 2.23. The Morgan fingerprint density at radius 1 is 1.04 bits per heavy atom. The van der Waals surface area contributed by atoms with Gasteiger partial charge in [0, 0.05) is 24.0 Å². The second-order valence-corrected chi connectivity index (χ2v) is 7.85. The van der Waals surface area contributed by atoms with E-state index in [1.165, 1.54) is 18.8 Å². The lowest BCUT2D eigenvalue weighted by Gasteiger charge is -2.24. The maximum Gasteiger partial charge on any atom is 0.327 e. The van der Waals surface area contributed by atoms with Crippen molar-refractivity contribution in [1.29, 1.82) is 0 Å². The summed E-state index contributed by atoms with van der Waals surface area (Å²) in [7, 11) is 1.38. The maximum absolute atomic E-state index is 11.3. The fraction of sp³-hybridized carbons (Fsp3) is 0.714. The van der Waals surface area contributed by atoms with E-state index in [2.05, 4.69) is 15.6 Å². The average Bonchev–Trinajstić information content (AvgIpc) is 2.43. The highest BCUT2D eigenvalue weighted by atomic mass is 32.2. The third-order valence-electron chi connectivity index (χ3n) is 2.77. The zero-order valence-electron chi connectivity index (χ0n) is 14.2. The molecule has 24 heavy (non-hydrogen) atoms. The van der Waals surface area contributed by atoms with E-state index in [9.17, 15) is 19.5 Å². The van der Waals surface area contributed by atoms with Crippen molar-refractivity contribution in [2.75, 3.05) is 12.8 Å². The Morgan fingerprint density at radius 3 is 1.92 bits per heavy atom. The number of aliphatic carboxylic acids is 3. The summed E-state index contributed by atoms with van der Waals surface area (Å²) in [5, 5.41) is 32.3. The molecule has 0 radical (unpaired) electrons. The molecule has 2 atom stereocenters. The molecule has 2 unspecified atom stereocenters. The molecule has 0 aliphatic carbocycles. The number of hydrogen-bond acceptors (Lipinski definition) is 5. The smallest absolute Gasteiger partial charge is 0.327 e. The van der Waals surface area contributed by atoms with Crippen molar-refractivity contribution in [2.24, 2.45) is 4.99 Å². The molecule has 0 saturated carbocycles. The first kappa shape index (κ1) is 22.0. The second-order valence-electron chi connectivity index (χ2n) is 6.00. The minimum Gasteiger partial charge on any atom is -0.481 e. The lowest BCUT2D eigenvalue weighted by molar-refractivity contribution is -0.140. The van der Waals surface area contributed by atoms with Gasteiger partial charge in [-0.05, 0) is 6.42 Å². The summed E-state index contributed by atoms with van der Waals surface area (Å²) >= 11 is 1.44. The van der Waals surface area contributed by atoms with Gasteiger partial charge in [0.05, 0.1) is 0 Å². The number of nitrogens with one attached hydrogen (secondary N) is 2. The molecule has 0 aromatic heterocycles. The molecule has 138 valence electrons. The van der Waals surface area contributed by atoms with Gasteiger partial charge < -0.3 is 26.0 Å². The molecule has 10 heteroatoms. The van der Waals surface area contributed by atoms with Crippen LogP contribution < -0.4 is 10.6 Å². The summed E-state index contributed by atoms with van der Waals surface area (Å²) in [6.45, 7) is 5.86. The molecule has 0 aliphatic rings. The number of guanidine groups is 1. The summed E-state index contributed by atoms with van der Waals surface area (Å²) in [6.07, 6.45) is -0.483. The van der Waals surface area contributed by atoms with Gasteiger partial charge in [0.2, 0.25) is 0 Å². The SMILES string of the molecule is CN=C(NC(CCC(=O)O)C(=O)O)NC(CSC(C)(C)C)C(=O)O. The fourth-order valence-electron chi connectivity index (χ4n) is 1.53. The van der Waals surface area contributed by atoms with Gasteiger partial charge in [-0.3, -0.25) is 9.79 Å². The van der Waals surface area contributed by atoms with Crippen LogP contribution in [-0.2, 0) is 14.4 Å². The van der Waals surface area contributed by atoms with E-state index in [0.717, 1.165) is 0 Å². The molecule has 0 rings (SSSR count). The van der Waals surface area contributed by atoms with E-state index in [0.29, 0.717) is 0 Å². The number of nitrogens with zero attached hydrogens (tertiary/aromatic N) is 1. The first-order valence-corrected chi connectivity index (χ1v) is 8.26. The number of carboxylic acids is 3. The average molecular weight is 363 g/mol. The Morgan fingerprint density at radius 2 is 1.54 bits per heavy atom. The molecule has 0 heterocycles. The Labute approximate surface area is 144 Å². The van der Waals surface area contributed by atoms with Crippen LogP contribution in [-0.4, -0.2) is 68.8 Å². The molecule has 0 aromatic carbocycles. The summed E-state index contributed by atoms with van der Waals surface area (Å²) in [6, 6.07) is -2.15. The molecule has 0 amide bonds. The van der Waals surface area contributed by atoms with Crippen molar-refractivity contribution in [2.45, 2.75) is 50.4 Å². The predicted molar refractivity (Wildman–Crippen MR) is 91.6 cm³/mol. The van der Waals surface area contributed by atoms with E-state index >= 15 is 0 Å². The monoisotopic (exact) mass is 363 g/mol. The van der Waals surface area contributed by atoms with Crippen LogP contribution in [0.1, 0.15) is 33.6 Å². The molecule has 0 aliphatic heterocycles. The van der Waals surface area contributed by atoms with Crippen molar-refractivity contribution in [3.8, 4) is 0 Å². The molecule has 0 spiro atoms. The fourth-order valence-corrected chi connectivity index (χ4v) is 2.43. The van der Waals surface area contributed by atoms with Gasteiger partial charge >= 0.3 is 17.9 Å². The first-order valence-electron chi connectivity index (χ1n) is 7.27. The number of aliphatic imine (C=N–C) groups is 1. The van der Waals surface area contributed by atoms with E-state index in [1.807, 2.05) is 20.8 Å². The molecule has 5 N–H and O–H groups in total. The van der Waals surface area contributed by atoms with Crippen LogP contribution in [0.2, 0.25) is 0 Å². The van der Waals surface area contributed by atoms with Crippen LogP contribution in [0.25, 0.3) is 0 Å². The number of thioether (sulfide) groups is 1. The van der Waals surface area contributed by atoms with Crippen LogP contribution >= 0.6 is 11.8 Å². The van der Waals surface area contributed by atoms with Gasteiger partial charge in [0.25, 0.3) is 0 Å². The van der Waals surface area contributed by atoms with E-state index in [4.69, 9.17) is 10.2 Å². The molecule has 0 saturated heterocycles. The number of rotatable bonds is 9. The normalized spacial score (nSPS) is 14.6. The minimum atomic E-state index is -1.24. The third-order valence-corrected chi connectivity index (χ3v) is 4.14. The Kier molecular flexibility index (Phi) is 9.19. The van der Waals surface area contributed by atoms with E-state index in [-0.39, 0.29) is 29.3 Å². The standard InChI is InChI=1S/C14H25N3O6S/c1-14(2,3)24-7-9(12(22)23)17-13(15-4)16-8(11(20)21)5-6-10(18)19/h8-9H,5-7H2,1-4H3,(H,18,19)(H,20,21)(H,22,23)(H2,15,16,17). The Balaban J connectivity index is 4.87. The van der Waals surface area contributed by atoms with Crippen molar-refractivity contribution in [3.05, 3.63) is 0 Å². The van der Waals surface area contributed by atoms with Crippen molar-refractivity contribution < 1.29 is 29.7 Å². The quantitative estimate of drug-likeness (QED) is 0.291. The van der Waals surface area contributed by atoms with E-state index < -0.39 is 30.0 Å². The van der Waals surface area contributed by atoms with E-state index in [1.54, 1.807) is 0 Å². The van der Waals surface area contributed by atoms with Gasteiger partial charge in [-0.15, -0.1) is 0 Å². The summed E-state index contributed by atoms with van der Waals surface area (Å²) in [4.78, 5) is 36.9. The van der Waals surface area contributed by atoms with Crippen molar-refractivity contribution in [1.82, 2.24) is 10.6 Å². The Hall–Kier alpha value is -1.97. The molecule has 0 bridgehead atoms. The maximum atomic E-state index is 11.3. The molecular weight excluding hydrogens is 338 g/mol.